The third kappa shape index (κ3) is 5.82. The van der Waals surface area contributed by atoms with Crippen molar-refractivity contribution in [2.75, 3.05) is 47.0 Å². The van der Waals surface area contributed by atoms with Gasteiger partial charge in [0.1, 0.15) is 0 Å². The summed E-state index contributed by atoms with van der Waals surface area (Å²) in [5, 5.41) is 3.61. The Balaban J connectivity index is 2.27. The summed E-state index contributed by atoms with van der Waals surface area (Å²) in [4.78, 5) is 2.49. The highest BCUT2D eigenvalue weighted by molar-refractivity contribution is 4.79. The van der Waals surface area contributed by atoms with Crippen LogP contribution in [0.3, 0.4) is 0 Å². The van der Waals surface area contributed by atoms with Gasteiger partial charge in [0.15, 0.2) is 0 Å². The molecule has 4 nitrogen and oxygen atoms in total. The minimum absolute atomic E-state index is 0.199. The van der Waals surface area contributed by atoms with Crippen LogP contribution in [0.15, 0.2) is 0 Å². The van der Waals surface area contributed by atoms with E-state index in [2.05, 4.69) is 17.1 Å². The van der Waals surface area contributed by atoms with Gasteiger partial charge in [-0.25, -0.2) is 0 Å². The van der Waals surface area contributed by atoms with Gasteiger partial charge in [0.2, 0.25) is 0 Å². The molecule has 17 heavy (non-hydrogen) atoms. The van der Waals surface area contributed by atoms with Crippen LogP contribution in [-0.2, 0) is 9.47 Å². The second-order valence-corrected chi connectivity index (χ2v) is 4.87. The molecule has 0 aliphatic carbocycles. The van der Waals surface area contributed by atoms with Crippen LogP contribution in [0, 0.1) is 0 Å². The summed E-state index contributed by atoms with van der Waals surface area (Å²) in [6.45, 7) is 7.34. The summed E-state index contributed by atoms with van der Waals surface area (Å²) in [5.41, 5.74) is 0. The molecule has 0 bridgehead atoms. The monoisotopic (exact) mass is 244 g/mol. The number of ether oxygens (including phenoxy) is 2. The van der Waals surface area contributed by atoms with Crippen LogP contribution >= 0.6 is 0 Å². The summed E-state index contributed by atoms with van der Waals surface area (Å²) in [6.07, 6.45) is 3.99. The fourth-order valence-corrected chi connectivity index (χ4v) is 2.41. The minimum Gasteiger partial charge on any atom is -0.382 e. The standard InChI is InChI=1S/C13H28N2O2/c1-4-7-14-12-6-5-8-15(9-12)10-13(17-3)11-16-2/h12-14H,4-11H2,1-3H3. The van der Waals surface area contributed by atoms with Gasteiger partial charge >= 0.3 is 0 Å². The van der Waals surface area contributed by atoms with Gasteiger partial charge in [0, 0.05) is 33.4 Å². The maximum absolute atomic E-state index is 5.42. The molecule has 1 aliphatic rings. The van der Waals surface area contributed by atoms with Crippen molar-refractivity contribution >= 4 is 0 Å². The highest BCUT2D eigenvalue weighted by Gasteiger charge is 2.21. The topological polar surface area (TPSA) is 33.7 Å². The zero-order chi connectivity index (χ0) is 12.5. The van der Waals surface area contributed by atoms with Crippen molar-refractivity contribution in [1.82, 2.24) is 10.2 Å². The average Bonchev–Trinajstić information content (AvgIpc) is 2.36. The summed E-state index contributed by atoms with van der Waals surface area (Å²) in [6, 6.07) is 0.656. The molecule has 1 fully saturated rings. The van der Waals surface area contributed by atoms with Crippen molar-refractivity contribution in [2.24, 2.45) is 0 Å². The van der Waals surface area contributed by atoms with E-state index in [1.54, 1.807) is 14.2 Å². The van der Waals surface area contributed by atoms with Gasteiger partial charge in [-0.15, -0.1) is 0 Å². The molecule has 0 spiro atoms. The lowest BCUT2D eigenvalue weighted by atomic mass is 10.1. The van der Waals surface area contributed by atoms with E-state index in [1.807, 2.05) is 0 Å². The van der Waals surface area contributed by atoms with Crippen LogP contribution in [-0.4, -0.2) is 64.1 Å². The minimum atomic E-state index is 0.199. The van der Waals surface area contributed by atoms with Gasteiger partial charge in [-0.05, 0) is 32.4 Å². The molecule has 0 saturated carbocycles. The highest BCUT2D eigenvalue weighted by Crippen LogP contribution is 2.11. The molecule has 1 rings (SSSR count). The van der Waals surface area contributed by atoms with Crippen molar-refractivity contribution in [3.05, 3.63) is 0 Å². The van der Waals surface area contributed by atoms with Crippen molar-refractivity contribution in [3.63, 3.8) is 0 Å². The van der Waals surface area contributed by atoms with Crippen molar-refractivity contribution < 1.29 is 9.47 Å². The summed E-state index contributed by atoms with van der Waals surface area (Å²) in [5.74, 6) is 0. The highest BCUT2D eigenvalue weighted by atomic mass is 16.5. The molecule has 102 valence electrons. The predicted octanol–water partition coefficient (Wildman–Crippen LogP) is 1.11. The van der Waals surface area contributed by atoms with Gasteiger partial charge in [-0.3, -0.25) is 4.90 Å². The van der Waals surface area contributed by atoms with E-state index in [0.29, 0.717) is 12.6 Å². The Morgan fingerprint density at radius 2 is 2.24 bits per heavy atom. The van der Waals surface area contributed by atoms with Crippen molar-refractivity contribution in [1.29, 1.82) is 0 Å². The number of nitrogens with one attached hydrogen (secondary N) is 1. The van der Waals surface area contributed by atoms with Crippen LogP contribution in [0.4, 0.5) is 0 Å². The fourth-order valence-electron chi connectivity index (χ4n) is 2.41. The Morgan fingerprint density at radius 1 is 1.41 bits per heavy atom. The smallest absolute Gasteiger partial charge is 0.0931 e. The molecule has 1 heterocycles. The Hall–Kier alpha value is -0.160. The molecular formula is C13H28N2O2. The van der Waals surface area contributed by atoms with E-state index in [-0.39, 0.29) is 6.10 Å². The normalized spacial score (nSPS) is 23.8. The molecule has 0 aromatic heterocycles. The molecule has 1 N–H and O–H groups in total. The molecule has 0 aromatic carbocycles. The quantitative estimate of drug-likeness (QED) is 0.693. The molecule has 4 heteroatoms. The third-order valence-electron chi connectivity index (χ3n) is 3.34. The first-order valence-electron chi connectivity index (χ1n) is 6.77. The van der Waals surface area contributed by atoms with Gasteiger partial charge < -0.3 is 14.8 Å². The molecule has 0 amide bonds. The Bertz CT molecular complexity index is 190. The van der Waals surface area contributed by atoms with Gasteiger partial charge in [-0.1, -0.05) is 6.92 Å². The molecule has 1 saturated heterocycles. The van der Waals surface area contributed by atoms with Gasteiger partial charge in [-0.2, -0.15) is 0 Å². The van der Waals surface area contributed by atoms with Crippen molar-refractivity contribution in [2.45, 2.75) is 38.3 Å². The molecule has 0 radical (unpaired) electrons. The largest absolute Gasteiger partial charge is 0.382 e. The van der Waals surface area contributed by atoms with E-state index >= 15 is 0 Å². The Kier molecular flexibility index (Phi) is 7.77. The van der Waals surface area contributed by atoms with Crippen LogP contribution in [0.1, 0.15) is 26.2 Å². The van der Waals surface area contributed by atoms with Crippen LogP contribution in [0.25, 0.3) is 0 Å². The maximum Gasteiger partial charge on any atom is 0.0931 e. The lowest BCUT2D eigenvalue weighted by molar-refractivity contribution is 0.000442. The lowest BCUT2D eigenvalue weighted by Gasteiger charge is -2.35. The fraction of sp³-hybridized carbons (Fsp3) is 1.00. The van der Waals surface area contributed by atoms with E-state index < -0.39 is 0 Å². The molecule has 2 unspecified atom stereocenters. The van der Waals surface area contributed by atoms with E-state index in [9.17, 15) is 0 Å². The SMILES string of the molecule is CCCNC1CCCN(CC(COC)OC)C1. The van der Waals surface area contributed by atoms with Crippen LogP contribution < -0.4 is 5.32 Å². The van der Waals surface area contributed by atoms with Gasteiger partial charge in [0.05, 0.1) is 12.7 Å². The number of rotatable bonds is 8. The number of nitrogens with zero attached hydrogens (tertiary/aromatic N) is 1. The summed E-state index contributed by atoms with van der Waals surface area (Å²) >= 11 is 0. The second-order valence-electron chi connectivity index (χ2n) is 4.87. The predicted molar refractivity (Wildman–Crippen MR) is 70.4 cm³/mol. The van der Waals surface area contributed by atoms with Crippen LogP contribution in [0.2, 0.25) is 0 Å². The zero-order valence-corrected chi connectivity index (χ0v) is 11.6. The number of hydrogen-bond acceptors (Lipinski definition) is 4. The Labute approximate surface area is 106 Å². The maximum atomic E-state index is 5.42. The average molecular weight is 244 g/mol. The first kappa shape index (κ1) is 14.9. The van der Waals surface area contributed by atoms with E-state index in [1.165, 1.54) is 25.8 Å². The number of methoxy groups -OCH3 is 2. The van der Waals surface area contributed by atoms with E-state index in [0.717, 1.165) is 19.6 Å². The first-order valence-corrected chi connectivity index (χ1v) is 6.77. The molecule has 1 aliphatic heterocycles. The number of likely N-dealkylation sites (tertiary alicyclic amines) is 1. The molecular weight excluding hydrogens is 216 g/mol. The second kappa shape index (κ2) is 8.86. The van der Waals surface area contributed by atoms with E-state index in [4.69, 9.17) is 9.47 Å². The lowest BCUT2D eigenvalue weighted by Crippen LogP contribution is -2.48. The first-order chi connectivity index (χ1) is 8.30. The molecule has 0 aromatic rings. The summed E-state index contributed by atoms with van der Waals surface area (Å²) < 4.78 is 10.6. The summed E-state index contributed by atoms with van der Waals surface area (Å²) in [7, 11) is 3.49. The molecule has 2 atom stereocenters. The Morgan fingerprint density at radius 3 is 2.88 bits per heavy atom. The number of piperidine rings is 1. The van der Waals surface area contributed by atoms with Gasteiger partial charge in [0.25, 0.3) is 0 Å². The van der Waals surface area contributed by atoms with Crippen molar-refractivity contribution in [3.8, 4) is 0 Å². The number of hydrogen-bond donors (Lipinski definition) is 1. The van der Waals surface area contributed by atoms with Crippen LogP contribution in [0.5, 0.6) is 0 Å². The third-order valence-corrected chi connectivity index (χ3v) is 3.34. The zero-order valence-electron chi connectivity index (χ0n) is 11.6.